The van der Waals surface area contributed by atoms with Crippen LogP contribution in [0.4, 0.5) is 5.69 Å². The molecule has 1 fully saturated rings. The molecular weight excluding hydrogens is 258 g/mol. The van der Waals surface area contributed by atoms with Crippen LogP contribution in [0.25, 0.3) is 0 Å². The van der Waals surface area contributed by atoms with Gasteiger partial charge in [0.15, 0.2) is 0 Å². The fourth-order valence-electron chi connectivity index (χ4n) is 3.39. The van der Waals surface area contributed by atoms with Gasteiger partial charge in [0.25, 0.3) is 0 Å². The molecule has 21 heavy (non-hydrogen) atoms. The average molecular weight is 289 g/mol. The lowest BCUT2D eigenvalue weighted by atomic mass is 10.1. The van der Waals surface area contributed by atoms with E-state index in [2.05, 4.69) is 61.1 Å². The summed E-state index contributed by atoms with van der Waals surface area (Å²) in [6.07, 6.45) is 2.56. The maximum Gasteiger partial charge on any atom is 0.0399 e. The molecule has 118 valence electrons. The van der Waals surface area contributed by atoms with E-state index in [1.807, 2.05) is 0 Å². The summed E-state index contributed by atoms with van der Waals surface area (Å²) in [5.41, 5.74) is 4.26. The molecule has 0 radical (unpaired) electrons. The van der Waals surface area contributed by atoms with Crippen LogP contribution in [0.15, 0.2) is 18.2 Å². The number of rotatable bonds is 6. The molecule has 0 aromatic heterocycles. The van der Waals surface area contributed by atoms with Gasteiger partial charge in [-0.25, -0.2) is 0 Å². The van der Waals surface area contributed by atoms with Crippen molar-refractivity contribution < 1.29 is 0 Å². The summed E-state index contributed by atoms with van der Waals surface area (Å²) in [5, 5.41) is 3.35. The average Bonchev–Trinajstić information content (AvgIpc) is 2.50. The largest absolute Gasteiger partial charge is 0.369 e. The molecule has 3 nitrogen and oxygen atoms in total. The second-order valence-electron chi connectivity index (χ2n) is 6.24. The number of hydrogen-bond donors (Lipinski definition) is 1. The highest BCUT2D eigenvalue weighted by Gasteiger charge is 2.23. The lowest BCUT2D eigenvalue weighted by molar-refractivity contribution is 0.173. The van der Waals surface area contributed by atoms with Gasteiger partial charge in [-0.2, -0.15) is 0 Å². The molecule has 1 N–H and O–H groups in total. The highest BCUT2D eigenvalue weighted by molar-refractivity contribution is 5.56. The van der Waals surface area contributed by atoms with E-state index in [9.17, 15) is 0 Å². The Morgan fingerprint density at radius 1 is 1.14 bits per heavy atom. The number of aryl methyl sites for hydroxylation is 1. The van der Waals surface area contributed by atoms with Gasteiger partial charge in [0.05, 0.1) is 0 Å². The van der Waals surface area contributed by atoms with Crippen molar-refractivity contribution in [3.05, 3.63) is 29.3 Å². The van der Waals surface area contributed by atoms with E-state index >= 15 is 0 Å². The normalized spacial score (nSPS) is 18.0. The Bertz CT molecular complexity index is 430. The number of hydrogen-bond acceptors (Lipinski definition) is 3. The molecule has 0 bridgehead atoms. The van der Waals surface area contributed by atoms with Gasteiger partial charge in [-0.15, -0.1) is 0 Å². The molecule has 1 heterocycles. The second-order valence-corrected chi connectivity index (χ2v) is 6.24. The molecule has 0 amide bonds. The molecule has 1 aliphatic rings. The summed E-state index contributed by atoms with van der Waals surface area (Å²) in [6, 6.07) is 7.36. The first-order chi connectivity index (χ1) is 10.2. The molecule has 0 saturated carbocycles. The summed E-state index contributed by atoms with van der Waals surface area (Å²) in [5.74, 6) is 0. The third kappa shape index (κ3) is 3.98. The van der Waals surface area contributed by atoms with Crippen molar-refractivity contribution in [2.75, 3.05) is 44.7 Å². The quantitative estimate of drug-likeness (QED) is 0.869. The van der Waals surface area contributed by atoms with Crippen LogP contribution in [0.2, 0.25) is 0 Å². The van der Waals surface area contributed by atoms with Gasteiger partial charge in [-0.05, 0) is 44.5 Å². The Balaban J connectivity index is 1.97. The van der Waals surface area contributed by atoms with Crippen molar-refractivity contribution >= 4 is 5.69 Å². The van der Waals surface area contributed by atoms with Crippen LogP contribution in [0.5, 0.6) is 0 Å². The number of nitrogens with zero attached hydrogens (tertiary/aromatic N) is 2. The molecule has 1 atom stereocenters. The van der Waals surface area contributed by atoms with E-state index in [1.165, 1.54) is 42.7 Å². The van der Waals surface area contributed by atoms with Crippen LogP contribution in [-0.4, -0.2) is 50.7 Å². The summed E-state index contributed by atoms with van der Waals surface area (Å²) in [4.78, 5) is 5.23. The molecule has 1 aromatic carbocycles. The minimum absolute atomic E-state index is 0.695. The third-order valence-electron chi connectivity index (χ3n) is 4.81. The SMILES string of the molecule is CCCC(CNC)N1CCN(c2cccc(C)c2C)CC1. The Kier molecular flexibility index (Phi) is 6.07. The number of nitrogens with one attached hydrogen (secondary N) is 1. The summed E-state index contributed by atoms with van der Waals surface area (Å²) < 4.78 is 0. The lowest BCUT2D eigenvalue weighted by Crippen LogP contribution is -2.52. The van der Waals surface area contributed by atoms with Gasteiger partial charge in [-0.1, -0.05) is 25.5 Å². The first kappa shape index (κ1) is 16.3. The van der Waals surface area contributed by atoms with Crippen molar-refractivity contribution in [3.63, 3.8) is 0 Å². The van der Waals surface area contributed by atoms with Gasteiger partial charge in [0.2, 0.25) is 0 Å². The van der Waals surface area contributed by atoms with Crippen LogP contribution in [0, 0.1) is 13.8 Å². The zero-order chi connectivity index (χ0) is 15.2. The molecule has 1 aromatic rings. The van der Waals surface area contributed by atoms with Crippen molar-refractivity contribution in [3.8, 4) is 0 Å². The molecule has 3 heteroatoms. The van der Waals surface area contributed by atoms with Crippen molar-refractivity contribution in [1.82, 2.24) is 10.2 Å². The summed E-state index contributed by atoms with van der Waals surface area (Å²) in [7, 11) is 2.06. The molecule has 1 saturated heterocycles. The Labute approximate surface area is 130 Å². The van der Waals surface area contributed by atoms with Gasteiger partial charge in [-0.3, -0.25) is 4.90 Å². The van der Waals surface area contributed by atoms with Crippen LogP contribution in [-0.2, 0) is 0 Å². The molecule has 0 spiro atoms. The predicted octanol–water partition coefficient (Wildman–Crippen LogP) is 2.81. The van der Waals surface area contributed by atoms with Gasteiger partial charge < -0.3 is 10.2 Å². The molecular formula is C18H31N3. The minimum atomic E-state index is 0.695. The van der Waals surface area contributed by atoms with Gasteiger partial charge >= 0.3 is 0 Å². The van der Waals surface area contributed by atoms with E-state index in [0.717, 1.165) is 19.6 Å². The topological polar surface area (TPSA) is 18.5 Å². The van der Waals surface area contributed by atoms with Crippen molar-refractivity contribution in [2.24, 2.45) is 0 Å². The van der Waals surface area contributed by atoms with Gasteiger partial charge in [0.1, 0.15) is 0 Å². The fraction of sp³-hybridized carbons (Fsp3) is 0.667. The number of likely N-dealkylation sites (N-methyl/N-ethyl adjacent to an activating group) is 1. The van der Waals surface area contributed by atoms with Crippen LogP contribution >= 0.6 is 0 Å². The fourth-order valence-corrected chi connectivity index (χ4v) is 3.39. The molecule has 2 rings (SSSR count). The zero-order valence-corrected chi connectivity index (χ0v) is 14.2. The summed E-state index contributed by atoms with van der Waals surface area (Å²) >= 11 is 0. The Hall–Kier alpha value is -1.06. The predicted molar refractivity (Wildman–Crippen MR) is 92.3 cm³/mol. The first-order valence-electron chi connectivity index (χ1n) is 8.37. The van der Waals surface area contributed by atoms with E-state index in [0.29, 0.717) is 6.04 Å². The molecule has 0 aliphatic carbocycles. The van der Waals surface area contributed by atoms with Crippen LogP contribution in [0.3, 0.4) is 0 Å². The first-order valence-corrected chi connectivity index (χ1v) is 8.37. The molecule has 1 unspecified atom stereocenters. The monoisotopic (exact) mass is 289 g/mol. The van der Waals surface area contributed by atoms with Crippen LogP contribution < -0.4 is 10.2 Å². The standard InChI is InChI=1S/C18H31N3/c1-5-7-17(14-19-4)20-10-12-21(13-11-20)18-9-6-8-15(2)16(18)3/h6,8-9,17,19H,5,7,10-14H2,1-4H3. The number of benzene rings is 1. The maximum atomic E-state index is 3.35. The summed E-state index contributed by atoms with van der Waals surface area (Å²) in [6.45, 7) is 12.5. The highest BCUT2D eigenvalue weighted by Crippen LogP contribution is 2.24. The van der Waals surface area contributed by atoms with E-state index in [1.54, 1.807) is 0 Å². The third-order valence-corrected chi connectivity index (χ3v) is 4.81. The second kappa shape index (κ2) is 7.81. The van der Waals surface area contributed by atoms with Crippen LogP contribution in [0.1, 0.15) is 30.9 Å². The minimum Gasteiger partial charge on any atom is -0.369 e. The lowest BCUT2D eigenvalue weighted by Gasteiger charge is -2.41. The smallest absolute Gasteiger partial charge is 0.0399 e. The van der Waals surface area contributed by atoms with Gasteiger partial charge in [0, 0.05) is 44.5 Å². The Morgan fingerprint density at radius 3 is 2.48 bits per heavy atom. The van der Waals surface area contributed by atoms with E-state index in [-0.39, 0.29) is 0 Å². The zero-order valence-electron chi connectivity index (χ0n) is 14.2. The number of piperazine rings is 1. The highest BCUT2D eigenvalue weighted by atomic mass is 15.3. The van der Waals surface area contributed by atoms with Crippen molar-refractivity contribution in [2.45, 2.75) is 39.7 Å². The number of anilines is 1. The Morgan fingerprint density at radius 2 is 1.86 bits per heavy atom. The van der Waals surface area contributed by atoms with Crippen molar-refractivity contribution in [1.29, 1.82) is 0 Å². The van der Waals surface area contributed by atoms with E-state index < -0.39 is 0 Å². The van der Waals surface area contributed by atoms with E-state index in [4.69, 9.17) is 0 Å². The molecule has 1 aliphatic heterocycles. The maximum absolute atomic E-state index is 3.35.